The SMILES string of the molecule is CC(=O)c1cccc(N(C)CC(O)CCN)c1. The number of benzene rings is 1. The van der Waals surface area contributed by atoms with Crippen LogP contribution in [0.15, 0.2) is 24.3 Å². The number of hydrogen-bond donors (Lipinski definition) is 2. The second-order valence-corrected chi connectivity index (χ2v) is 4.22. The number of ketones is 1. The first-order chi connectivity index (χ1) is 8.04. The zero-order valence-corrected chi connectivity index (χ0v) is 10.4. The van der Waals surface area contributed by atoms with Gasteiger partial charge in [0.1, 0.15) is 0 Å². The smallest absolute Gasteiger partial charge is 0.159 e. The van der Waals surface area contributed by atoms with Crippen LogP contribution >= 0.6 is 0 Å². The molecule has 0 amide bonds. The highest BCUT2D eigenvalue weighted by atomic mass is 16.3. The van der Waals surface area contributed by atoms with E-state index in [0.717, 1.165) is 5.69 Å². The zero-order valence-electron chi connectivity index (χ0n) is 10.4. The molecule has 17 heavy (non-hydrogen) atoms. The number of likely N-dealkylation sites (N-methyl/N-ethyl adjacent to an activating group) is 1. The van der Waals surface area contributed by atoms with Crippen molar-refractivity contribution < 1.29 is 9.90 Å². The third-order valence-corrected chi connectivity index (χ3v) is 2.68. The summed E-state index contributed by atoms with van der Waals surface area (Å²) >= 11 is 0. The molecule has 0 bridgehead atoms. The van der Waals surface area contributed by atoms with Gasteiger partial charge >= 0.3 is 0 Å². The van der Waals surface area contributed by atoms with Crippen LogP contribution in [0.4, 0.5) is 5.69 Å². The van der Waals surface area contributed by atoms with E-state index in [1.54, 1.807) is 13.0 Å². The molecule has 0 aliphatic carbocycles. The van der Waals surface area contributed by atoms with Gasteiger partial charge in [0, 0.05) is 24.8 Å². The fourth-order valence-corrected chi connectivity index (χ4v) is 1.67. The molecule has 0 saturated carbocycles. The lowest BCUT2D eigenvalue weighted by Crippen LogP contribution is -2.30. The lowest BCUT2D eigenvalue weighted by atomic mass is 10.1. The van der Waals surface area contributed by atoms with E-state index in [4.69, 9.17) is 5.73 Å². The molecule has 3 N–H and O–H groups in total. The molecule has 4 heteroatoms. The summed E-state index contributed by atoms with van der Waals surface area (Å²) in [6, 6.07) is 7.38. The van der Waals surface area contributed by atoms with Gasteiger partial charge in [0.05, 0.1) is 6.10 Å². The van der Waals surface area contributed by atoms with E-state index >= 15 is 0 Å². The van der Waals surface area contributed by atoms with Crippen molar-refractivity contribution >= 4 is 11.5 Å². The number of Topliss-reactive ketones (excluding diaryl/α,β-unsaturated/α-hetero) is 1. The lowest BCUT2D eigenvalue weighted by Gasteiger charge is -2.22. The second kappa shape index (κ2) is 6.37. The molecular weight excluding hydrogens is 216 g/mol. The minimum absolute atomic E-state index is 0.0442. The van der Waals surface area contributed by atoms with Gasteiger partial charge in [-0.2, -0.15) is 0 Å². The summed E-state index contributed by atoms with van der Waals surface area (Å²) in [5.74, 6) is 0.0442. The molecule has 0 saturated heterocycles. The van der Waals surface area contributed by atoms with Crippen molar-refractivity contribution in [2.75, 3.05) is 25.0 Å². The van der Waals surface area contributed by atoms with Gasteiger partial charge in [0.2, 0.25) is 0 Å². The average Bonchev–Trinajstić information content (AvgIpc) is 2.29. The third-order valence-electron chi connectivity index (χ3n) is 2.68. The van der Waals surface area contributed by atoms with Crippen LogP contribution < -0.4 is 10.6 Å². The number of carbonyl (C=O) groups excluding carboxylic acids is 1. The van der Waals surface area contributed by atoms with Crippen LogP contribution in [-0.4, -0.2) is 37.1 Å². The Kier molecular flexibility index (Phi) is 5.12. The predicted octanol–water partition coefficient (Wildman–Crippen LogP) is 1.04. The molecule has 1 aromatic carbocycles. The van der Waals surface area contributed by atoms with Gasteiger partial charge in [0.25, 0.3) is 0 Å². The number of nitrogens with zero attached hydrogens (tertiary/aromatic N) is 1. The number of nitrogens with two attached hydrogens (primary N) is 1. The Labute approximate surface area is 102 Å². The van der Waals surface area contributed by atoms with Crippen molar-refractivity contribution in [3.05, 3.63) is 29.8 Å². The minimum atomic E-state index is -0.439. The molecule has 0 aliphatic rings. The molecule has 0 radical (unpaired) electrons. The maximum Gasteiger partial charge on any atom is 0.159 e. The van der Waals surface area contributed by atoms with E-state index < -0.39 is 6.10 Å². The van der Waals surface area contributed by atoms with Crippen LogP contribution in [0.3, 0.4) is 0 Å². The number of aliphatic hydroxyl groups is 1. The van der Waals surface area contributed by atoms with Crippen molar-refractivity contribution in [3.63, 3.8) is 0 Å². The normalized spacial score (nSPS) is 12.2. The first-order valence-electron chi connectivity index (χ1n) is 5.75. The van der Waals surface area contributed by atoms with Crippen molar-refractivity contribution in [3.8, 4) is 0 Å². The molecule has 94 valence electrons. The molecular formula is C13H20N2O2. The fraction of sp³-hybridized carbons (Fsp3) is 0.462. The number of aliphatic hydroxyl groups excluding tert-OH is 1. The fourth-order valence-electron chi connectivity index (χ4n) is 1.67. The van der Waals surface area contributed by atoms with Gasteiger partial charge in [-0.15, -0.1) is 0 Å². The van der Waals surface area contributed by atoms with Gasteiger partial charge < -0.3 is 15.7 Å². The van der Waals surface area contributed by atoms with E-state index in [9.17, 15) is 9.90 Å². The number of hydrogen-bond acceptors (Lipinski definition) is 4. The first-order valence-corrected chi connectivity index (χ1v) is 5.75. The van der Waals surface area contributed by atoms with Crippen LogP contribution in [0.2, 0.25) is 0 Å². The number of anilines is 1. The molecule has 0 fully saturated rings. The van der Waals surface area contributed by atoms with Crippen molar-refractivity contribution in [1.29, 1.82) is 0 Å². The van der Waals surface area contributed by atoms with E-state index in [2.05, 4.69) is 0 Å². The Bertz CT molecular complexity index is 379. The molecule has 0 aliphatic heterocycles. The molecule has 0 heterocycles. The molecule has 1 unspecified atom stereocenters. The zero-order chi connectivity index (χ0) is 12.8. The van der Waals surface area contributed by atoms with E-state index in [0.29, 0.717) is 25.1 Å². The summed E-state index contributed by atoms with van der Waals surface area (Å²) in [4.78, 5) is 13.2. The highest BCUT2D eigenvalue weighted by Gasteiger charge is 2.09. The van der Waals surface area contributed by atoms with Gasteiger partial charge in [-0.25, -0.2) is 0 Å². The predicted molar refractivity (Wildman–Crippen MR) is 69.4 cm³/mol. The van der Waals surface area contributed by atoms with Crippen LogP contribution in [0.1, 0.15) is 23.7 Å². The molecule has 1 aromatic rings. The Balaban J connectivity index is 2.71. The second-order valence-electron chi connectivity index (χ2n) is 4.22. The van der Waals surface area contributed by atoms with Crippen LogP contribution in [-0.2, 0) is 0 Å². The van der Waals surface area contributed by atoms with Crippen molar-refractivity contribution in [1.82, 2.24) is 0 Å². The van der Waals surface area contributed by atoms with E-state index in [1.807, 2.05) is 30.1 Å². The highest BCUT2D eigenvalue weighted by molar-refractivity contribution is 5.94. The summed E-state index contributed by atoms with van der Waals surface area (Å²) in [6.45, 7) is 2.53. The van der Waals surface area contributed by atoms with Crippen molar-refractivity contribution in [2.45, 2.75) is 19.4 Å². The molecule has 1 atom stereocenters. The van der Waals surface area contributed by atoms with Gasteiger partial charge in [-0.1, -0.05) is 12.1 Å². The van der Waals surface area contributed by atoms with Crippen LogP contribution in [0.5, 0.6) is 0 Å². The summed E-state index contributed by atoms with van der Waals surface area (Å²) in [7, 11) is 1.89. The number of carbonyl (C=O) groups is 1. The summed E-state index contributed by atoms with van der Waals surface area (Å²) in [6.07, 6.45) is 0.141. The van der Waals surface area contributed by atoms with Crippen molar-refractivity contribution in [2.24, 2.45) is 5.73 Å². The Morgan fingerprint density at radius 2 is 2.24 bits per heavy atom. The van der Waals surface area contributed by atoms with Crippen LogP contribution in [0.25, 0.3) is 0 Å². The monoisotopic (exact) mass is 236 g/mol. The highest BCUT2D eigenvalue weighted by Crippen LogP contribution is 2.15. The summed E-state index contributed by atoms with van der Waals surface area (Å²) < 4.78 is 0. The van der Waals surface area contributed by atoms with E-state index in [-0.39, 0.29) is 5.78 Å². The third kappa shape index (κ3) is 4.17. The maximum atomic E-state index is 11.3. The summed E-state index contributed by atoms with van der Waals surface area (Å²) in [5.41, 5.74) is 6.99. The average molecular weight is 236 g/mol. The Morgan fingerprint density at radius 1 is 1.53 bits per heavy atom. The molecule has 0 aromatic heterocycles. The summed E-state index contributed by atoms with van der Waals surface area (Å²) in [5, 5.41) is 9.67. The molecule has 0 spiro atoms. The van der Waals surface area contributed by atoms with Gasteiger partial charge in [-0.05, 0) is 32.0 Å². The van der Waals surface area contributed by atoms with Gasteiger partial charge in [0.15, 0.2) is 5.78 Å². The maximum absolute atomic E-state index is 11.3. The minimum Gasteiger partial charge on any atom is -0.391 e. The molecule has 1 rings (SSSR count). The first kappa shape index (κ1) is 13.7. The molecule has 4 nitrogen and oxygen atoms in total. The van der Waals surface area contributed by atoms with Gasteiger partial charge in [-0.3, -0.25) is 4.79 Å². The Hall–Kier alpha value is -1.39. The Morgan fingerprint density at radius 3 is 2.82 bits per heavy atom. The standard InChI is InChI=1S/C13H20N2O2/c1-10(16)11-4-3-5-12(8-11)15(2)9-13(17)6-7-14/h3-5,8,13,17H,6-7,9,14H2,1-2H3. The van der Waals surface area contributed by atoms with Crippen LogP contribution in [0, 0.1) is 0 Å². The largest absolute Gasteiger partial charge is 0.391 e. The quantitative estimate of drug-likeness (QED) is 0.724. The van der Waals surface area contributed by atoms with E-state index in [1.165, 1.54) is 0 Å². The number of rotatable bonds is 6. The topological polar surface area (TPSA) is 66.6 Å². The lowest BCUT2D eigenvalue weighted by molar-refractivity contribution is 0.101.